The summed E-state index contributed by atoms with van der Waals surface area (Å²) < 4.78 is 56.0. The molecule has 0 aromatic heterocycles. The zero-order valence-electron chi connectivity index (χ0n) is 29.7. The van der Waals surface area contributed by atoms with Gasteiger partial charge < -0.3 is 45.0 Å². The van der Waals surface area contributed by atoms with Crippen molar-refractivity contribution in [1.29, 1.82) is 0 Å². The maximum atomic E-state index is 12.8. The number of carbonyl (C=O) groups excluding carboxylic acids is 2. The number of rotatable bonds is 24. The van der Waals surface area contributed by atoms with Gasteiger partial charge in [-0.05, 0) is 76.3 Å². The first-order chi connectivity index (χ1) is 24.3. The van der Waals surface area contributed by atoms with Crippen LogP contribution >= 0.6 is 23.2 Å². The van der Waals surface area contributed by atoms with Crippen LogP contribution in [0.25, 0.3) is 0 Å². The van der Waals surface area contributed by atoms with E-state index in [1.54, 1.807) is 18.2 Å². The van der Waals surface area contributed by atoms with Crippen LogP contribution in [0.3, 0.4) is 0 Å². The van der Waals surface area contributed by atoms with Crippen molar-refractivity contribution in [3.63, 3.8) is 0 Å². The molecule has 0 fully saturated rings. The van der Waals surface area contributed by atoms with Crippen LogP contribution in [0, 0.1) is 5.41 Å². The SMILES string of the molecule is CN(C)C1Cc2c(Cl)cc(Cl)cc2[C@@H]1Oc1ccc(S(=O)(=O)NCCOCCOCCNC(=O)C(C)(C)C(=O)NCCOCCOCCN)cc1. The fourth-order valence-electron chi connectivity index (χ4n) is 5.13. The highest BCUT2D eigenvalue weighted by molar-refractivity contribution is 7.89. The molecule has 14 nitrogen and oxygen atoms in total. The molecule has 2 amide bonds. The van der Waals surface area contributed by atoms with Gasteiger partial charge in [-0.25, -0.2) is 13.1 Å². The van der Waals surface area contributed by atoms with Crippen LogP contribution < -0.4 is 25.8 Å². The van der Waals surface area contributed by atoms with E-state index in [0.29, 0.717) is 55.2 Å². The van der Waals surface area contributed by atoms with Gasteiger partial charge in [-0.1, -0.05) is 23.2 Å². The van der Waals surface area contributed by atoms with Gasteiger partial charge in [0.25, 0.3) is 0 Å². The Morgan fingerprint density at radius 2 is 1.37 bits per heavy atom. The molecule has 0 heterocycles. The second kappa shape index (κ2) is 21.2. The molecule has 51 heavy (non-hydrogen) atoms. The number of benzene rings is 2. The first-order valence-electron chi connectivity index (χ1n) is 16.8. The van der Waals surface area contributed by atoms with E-state index in [2.05, 4.69) is 20.3 Å². The molecule has 0 saturated heterocycles. The van der Waals surface area contributed by atoms with Gasteiger partial charge in [0.15, 0.2) is 0 Å². The summed E-state index contributed by atoms with van der Waals surface area (Å²) >= 11 is 12.7. The number of nitrogens with zero attached hydrogens (tertiary/aromatic N) is 1. The van der Waals surface area contributed by atoms with Crippen LogP contribution in [-0.4, -0.2) is 124 Å². The minimum Gasteiger partial charge on any atom is -0.484 e. The largest absolute Gasteiger partial charge is 0.484 e. The molecule has 0 bridgehead atoms. The van der Waals surface area contributed by atoms with Gasteiger partial charge in [0.1, 0.15) is 17.3 Å². The lowest BCUT2D eigenvalue weighted by atomic mass is 9.91. The zero-order valence-corrected chi connectivity index (χ0v) is 32.0. The molecule has 0 aliphatic heterocycles. The van der Waals surface area contributed by atoms with Crippen molar-refractivity contribution in [2.75, 3.05) is 93.1 Å². The molecule has 1 aliphatic carbocycles. The first-order valence-corrected chi connectivity index (χ1v) is 19.0. The van der Waals surface area contributed by atoms with Crippen LogP contribution in [-0.2, 0) is 45.0 Å². The number of amides is 2. The molecule has 0 saturated carbocycles. The molecule has 5 N–H and O–H groups in total. The Balaban J connectivity index is 1.28. The minimum absolute atomic E-state index is 0.0278. The van der Waals surface area contributed by atoms with Crippen LogP contribution in [0.4, 0.5) is 0 Å². The highest BCUT2D eigenvalue weighted by atomic mass is 35.5. The van der Waals surface area contributed by atoms with Crippen molar-refractivity contribution in [2.24, 2.45) is 11.1 Å². The number of likely N-dealkylation sites (N-methyl/N-ethyl adjacent to an activating group) is 1. The molecule has 1 aliphatic rings. The van der Waals surface area contributed by atoms with E-state index in [0.717, 1.165) is 11.1 Å². The Labute approximate surface area is 311 Å². The number of carbonyl (C=O) groups is 2. The van der Waals surface area contributed by atoms with Crippen molar-refractivity contribution in [3.05, 3.63) is 57.6 Å². The number of fused-ring (bicyclic) bond motifs is 1. The van der Waals surface area contributed by atoms with Gasteiger partial charge in [-0.15, -0.1) is 0 Å². The van der Waals surface area contributed by atoms with E-state index in [1.807, 2.05) is 20.2 Å². The predicted octanol–water partition coefficient (Wildman–Crippen LogP) is 2.16. The molecule has 3 rings (SSSR count). The van der Waals surface area contributed by atoms with Crippen LogP contribution in [0.15, 0.2) is 41.3 Å². The molecular weight excluding hydrogens is 725 g/mol. The molecule has 0 radical (unpaired) electrons. The summed E-state index contributed by atoms with van der Waals surface area (Å²) in [6.45, 7) is 6.44. The molecular formula is C34H51Cl2N5O9S. The predicted molar refractivity (Wildman–Crippen MR) is 195 cm³/mol. The molecule has 2 aromatic rings. The van der Waals surface area contributed by atoms with E-state index in [4.69, 9.17) is 52.6 Å². The Morgan fingerprint density at radius 1 is 0.843 bits per heavy atom. The first kappa shape index (κ1) is 42.8. The summed E-state index contributed by atoms with van der Waals surface area (Å²) in [6.07, 6.45) is 0.379. The lowest BCUT2D eigenvalue weighted by molar-refractivity contribution is -0.141. The molecule has 2 aromatic carbocycles. The summed E-state index contributed by atoms with van der Waals surface area (Å²) in [6, 6.07) is 9.85. The Morgan fingerprint density at radius 3 is 1.90 bits per heavy atom. The highest BCUT2D eigenvalue weighted by Crippen LogP contribution is 2.42. The molecule has 2 atom stereocenters. The van der Waals surface area contributed by atoms with E-state index < -0.39 is 27.3 Å². The summed E-state index contributed by atoms with van der Waals surface area (Å²) in [4.78, 5) is 27.2. The van der Waals surface area contributed by atoms with Crippen molar-refractivity contribution in [3.8, 4) is 5.75 Å². The van der Waals surface area contributed by atoms with Gasteiger partial charge in [0, 0.05) is 41.8 Å². The maximum absolute atomic E-state index is 12.8. The quantitative estimate of drug-likeness (QED) is 0.0907. The number of halogens is 2. The smallest absolute Gasteiger partial charge is 0.240 e. The maximum Gasteiger partial charge on any atom is 0.240 e. The average molecular weight is 777 g/mol. The Kier molecular flexibility index (Phi) is 17.8. The van der Waals surface area contributed by atoms with E-state index in [-0.39, 0.29) is 63.1 Å². The normalized spacial score (nSPS) is 15.9. The molecule has 1 unspecified atom stereocenters. The van der Waals surface area contributed by atoms with Gasteiger partial charge in [-0.3, -0.25) is 9.59 Å². The third kappa shape index (κ3) is 13.4. The third-order valence-electron chi connectivity index (χ3n) is 8.07. The monoisotopic (exact) mass is 775 g/mol. The number of nitrogens with two attached hydrogens (primary N) is 1. The van der Waals surface area contributed by atoms with Gasteiger partial charge >= 0.3 is 0 Å². The van der Waals surface area contributed by atoms with Crippen LogP contribution in [0.2, 0.25) is 10.0 Å². The number of ether oxygens (including phenoxy) is 5. The van der Waals surface area contributed by atoms with E-state index >= 15 is 0 Å². The average Bonchev–Trinajstić information content (AvgIpc) is 3.45. The van der Waals surface area contributed by atoms with Gasteiger partial charge in [-0.2, -0.15) is 0 Å². The fourth-order valence-corrected chi connectivity index (χ4v) is 6.73. The summed E-state index contributed by atoms with van der Waals surface area (Å²) in [5.74, 6) is -0.329. The second-order valence-electron chi connectivity index (χ2n) is 12.5. The van der Waals surface area contributed by atoms with E-state index in [9.17, 15) is 18.0 Å². The lowest BCUT2D eigenvalue weighted by Crippen LogP contribution is -2.49. The van der Waals surface area contributed by atoms with Gasteiger partial charge in [0.05, 0.1) is 63.8 Å². The highest BCUT2D eigenvalue weighted by Gasteiger charge is 2.38. The lowest BCUT2D eigenvalue weighted by Gasteiger charge is -2.27. The summed E-state index contributed by atoms with van der Waals surface area (Å²) in [5.41, 5.74) is 5.97. The Bertz CT molecular complexity index is 1510. The number of hydrogen-bond acceptors (Lipinski definition) is 11. The van der Waals surface area contributed by atoms with Crippen molar-refractivity contribution in [2.45, 2.75) is 37.3 Å². The number of sulfonamides is 1. The standard InChI is InChI=1S/C34H51Cl2N5O9S/c1-34(2,32(42)38-10-14-47-18-17-46-13-9-37)33(43)39-11-15-48-19-20-49-16-12-40-51(44,45)26-7-5-25(6-8-26)50-31-28-21-24(35)22-29(36)27(28)23-30(31)41(3)4/h5-8,21-22,30-31,40H,9-20,23,37H2,1-4H3,(H,38,42)(H,39,43)/t30?,31-/m0/s1. The van der Waals surface area contributed by atoms with Crippen molar-refractivity contribution >= 4 is 45.0 Å². The molecule has 17 heteroatoms. The summed E-state index contributed by atoms with van der Waals surface area (Å²) in [7, 11) is 0.169. The zero-order chi connectivity index (χ0) is 37.4. The number of hydrogen-bond donors (Lipinski definition) is 4. The van der Waals surface area contributed by atoms with Crippen molar-refractivity contribution < 1.29 is 41.7 Å². The Hall–Kier alpha value is -2.57. The molecule has 0 spiro atoms. The fraction of sp³-hybridized carbons (Fsp3) is 0.588. The number of nitrogens with one attached hydrogen (secondary N) is 3. The van der Waals surface area contributed by atoms with Gasteiger partial charge in [0.2, 0.25) is 21.8 Å². The second-order valence-corrected chi connectivity index (χ2v) is 15.1. The van der Waals surface area contributed by atoms with Crippen LogP contribution in [0.1, 0.15) is 31.1 Å². The third-order valence-corrected chi connectivity index (χ3v) is 10.1. The summed E-state index contributed by atoms with van der Waals surface area (Å²) in [5, 5.41) is 6.52. The van der Waals surface area contributed by atoms with Crippen LogP contribution in [0.5, 0.6) is 5.75 Å². The van der Waals surface area contributed by atoms with E-state index in [1.165, 1.54) is 26.0 Å². The topological polar surface area (TPSA) is 180 Å². The van der Waals surface area contributed by atoms with Crippen molar-refractivity contribution in [1.82, 2.24) is 20.3 Å². The minimum atomic E-state index is -3.77. The molecule has 286 valence electrons.